The number of aromatic amines is 1. The quantitative estimate of drug-likeness (QED) is 0.278. The molecule has 1 heterocycles. The molecule has 0 fully saturated rings. The third kappa shape index (κ3) is 4.07. The number of nitrogens with zero attached hydrogens (tertiary/aromatic N) is 1. The third-order valence-corrected chi connectivity index (χ3v) is 5.29. The van der Waals surface area contributed by atoms with E-state index in [1.54, 1.807) is 24.3 Å². The Morgan fingerprint density at radius 2 is 1.78 bits per heavy atom. The van der Waals surface area contributed by atoms with Gasteiger partial charge in [-0.1, -0.05) is 61.5 Å². The fourth-order valence-corrected chi connectivity index (χ4v) is 3.81. The van der Waals surface area contributed by atoms with Gasteiger partial charge in [0.2, 0.25) is 0 Å². The van der Waals surface area contributed by atoms with Gasteiger partial charge in [-0.05, 0) is 46.4 Å². The van der Waals surface area contributed by atoms with Gasteiger partial charge in [-0.2, -0.15) is 5.10 Å². The second-order valence-corrected chi connectivity index (χ2v) is 7.25. The number of allylic oxidation sites excluding steroid dienone is 1. The van der Waals surface area contributed by atoms with E-state index >= 15 is 4.39 Å². The maximum Gasteiger partial charge on any atom is 0.328 e. The van der Waals surface area contributed by atoms with E-state index in [0.29, 0.717) is 23.1 Å². The molecule has 0 bridgehead atoms. The molecule has 0 radical (unpaired) electrons. The normalized spacial score (nSPS) is 12.3. The standard InChI is InChI=1S/C26H20F2N2O2/c1-2-19(17-6-4-3-5-7-17)24(18-11-8-16(9-12-18)10-13-23(31)32)20-14-22(27)26-21(25(20)28)15-29-30-26/h3-15H,2H2,1H3,(H,29,30)(H,31,32)/b13-10+,24-19+. The number of rotatable bonds is 6. The zero-order valence-corrected chi connectivity index (χ0v) is 17.3. The Bertz CT molecular complexity index is 1340. The number of carbonyl (C=O) groups is 1. The fraction of sp³-hybridized carbons (Fsp3) is 0.0769. The number of hydrogen-bond donors (Lipinski definition) is 2. The van der Waals surface area contributed by atoms with Crippen LogP contribution in [0.5, 0.6) is 0 Å². The Balaban J connectivity index is 1.98. The first-order valence-electron chi connectivity index (χ1n) is 10.1. The number of aliphatic carboxylic acids is 1. The number of nitrogens with one attached hydrogen (secondary N) is 1. The summed E-state index contributed by atoms with van der Waals surface area (Å²) in [7, 11) is 0. The van der Waals surface area contributed by atoms with Crippen LogP contribution in [0.25, 0.3) is 28.1 Å². The van der Waals surface area contributed by atoms with Gasteiger partial charge in [-0.25, -0.2) is 13.6 Å². The lowest BCUT2D eigenvalue weighted by Crippen LogP contribution is -2.00. The molecule has 0 spiro atoms. The van der Waals surface area contributed by atoms with E-state index in [-0.39, 0.29) is 16.5 Å². The van der Waals surface area contributed by atoms with Gasteiger partial charge in [0.1, 0.15) is 17.2 Å². The minimum absolute atomic E-state index is 0.0255. The maximum absolute atomic E-state index is 15.6. The average molecular weight is 430 g/mol. The molecule has 4 aromatic rings. The van der Waals surface area contributed by atoms with Crippen LogP contribution >= 0.6 is 0 Å². The highest BCUT2D eigenvalue weighted by Crippen LogP contribution is 2.38. The summed E-state index contributed by atoms with van der Waals surface area (Å²) in [6.07, 6.45) is 4.40. The van der Waals surface area contributed by atoms with Gasteiger partial charge in [0.15, 0.2) is 0 Å². The molecule has 6 heteroatoms. The summed E-state index contributed by atoms with van der Waals surface area (Å²) in [4.78, 5) is 10.8. The third-order valence-electron chi connectivity index (χ3n) is 5.29. The molecular formula is C26H20F2N2O2. The highest BCUT2D eigenvalue weighted by molar-refractivity contribution is 6.01. The van der Waals surface area contributed by atoms with Crippen LogP contribution in [-0.4, -0.2) is 21.3 Å². The van der Waals surface area contributed by atoms with E-state index in [1.165, 1.54) is 18.3 Å². The van der Waals surface area contributed by atoms with Crippen LogP contribution in [0.2, 0.25) is 0 Å². The van der Waals surface area contributed by atoms with Crippen molar-refractivity contribution in [1.82, 2.24) is 10.2 Å². The second-order valence-electron chi connectivity index (χ2n) is 7.25. The summed E-state index contributed by atoms with van der Waals surface area (Å²) >= 11 is 0. The first-order chi connectivity index (χ1) is 15.5. The summed E-state index contributed by atoms with van der Waals surface area (Å²) in [5.74, 6) is -2.18. The Labute approximate surface area is 183 Å². The van der Waals surface area contributed by atoms with E-state index in [0.717, 1.165) is 17.2 Å². The summed E-state index contributed by atoms with van der Waals surface area (Å²) < 4.78 is 30.4. The minimum Gasteiger partial charge on any atom is -0.478 e. The Hall–Kier alpha value is -4.06. The largest absolute Gasteiger partial charge is 0.478 e. The SMILES string of the molecule is CC/C(=C(/c1ccc(/C=C/C(=O)O)cc1)c1cc(F)c2[nH]ncc2c1F)c1ccccc1. The van der Waals surface area contributed by atoms with Crippen LogP contribution in [0.3, 0.4) is 0 Å². The summed E-state index contributed by atoms with van der Waals surface area (Å²) in [5.41, 5.74) is 3.90. The number of aromatic nitrogens is 2. The second kappa shape index (κ2) is 8.98. The molecule has 4 rings (SSSR count). The van der Waals surface area contributed by atoms with Gasteiger partial charge in [0.25, 0.3) is 0 Å². The molecule has 1 aromatic heterocycles. The number of halogens is 2. The smallest absolute Gasteiger partial charge is 0.328 e. The minimum atomic E-state index is -1.04. The molecule has 32 heavy (non-hydrogen) atoms. The molecule has 160 valence electrons. The van der Waals surface area contributed by atoms with Crippen molar-refractivity contribution in [3.8, 4) is 0 Å². The van der Waals surface area contributed by atoms with Gasteiger partial charge in [-0.3, -0.25) is 5.10 Å². The highest BCUT2D eigenvalue weighted by atomic mass is 19.1. The van der Waals surface area contributed by atoms with Gasteiger partial charge < -0.3 is 5.11 Å². The monoisotopic (exact) mass is 430 g/mol. The number of hydrogen-bond acceptors (Lipinski definition) is 2. The summed E-state index contributed by atoms with van der Waals surface area (Å²) in [6.45, 7) is 1.97. The molecule has 0 saturated heterocycles. The van der Waals surface area contributed by atoms with Crippen molar-refractivity contribution in [2.45, 2.75) is 13.3 Å². The van der Waals surface area contributed by atoms with Crippen molar-refractivity contribution >= 4 is 34.1 Å². The van der Waals surface area contributed by atoms with E-state index in [2.05, 4.69) is 10.2 Å². The fourth-order valence-electron chi connectivity index (χ4n) is 3.81. The molecular weight excluding hydrogens is 410 g/mol. The van der Waals surface area contributed by atoms with Crippen LogP contribution in [-0.2, 0) is 4.79 Å². The number of H-pyrrole nitrogens is 1. The van der Waals surface area contributed by atoms with E-state index in [9.17, 15) is 9.18 Å². The Kier molecular flexibility index (Phi) is 5.94. The molecule has 2 N–H and O–H groups in total. The average Bonchev–Trinajstić information content (AvgIpc) is 3.31. The first-order valence-corrected chi connectivity index (χ1v) is 10.1. The maximum atomic E-state index is 15.6. The molecule has 0 aliphatic rings. The topological polar surface area (TPSA) is 66.0 Å². The van der Waals surface area contributed by atoms with Crippen molar-refractivity contribution in [2.24, 2.45) is 0 Å². The van der Waals surface area contributed by atoms with Crippen LogP contribution in [0.15, 0.2) is 72.9 Å². The number of benzene rings is 3. The summed E-state index contributed by atoms with van der Waals surface area (Å²) in [6, 6.07) is 17.8. The molecule has 4 nitrogen and oxygen atoms in total. The number of carboxylic acids is 1. The lowest BCUT2D eigenvalue weighted by Gasteiger charge is -2.17. The van der Waals surface area contributed by atoms with Crippen molar-refractivity contribution in [2.75, 3.05) is 0 Å². The number of carboxylic acid groups (broad SMARTS) is 1. The van der Waals surface area contributed by atoms with E-state index in [4.69, 9.17) is 5.11 Å². The van der Waals surface area contributed by atoms with Crippen molar-refractivity contribution in [3.05, 3.63) is 107 Å². The first kappa shape index (κ1) is 21.2. The zero-order valence-electron chi connectivity index (χ0n) is 17.3. The molecule has 0 aliphatic carbocycles. The molecule has 0 amide bonds. The van der Waals surface area contributed by atoms with E-state index in [1.807, 2.05) is 37.3 Å². The van der Waals surface area contributed by atoms with Crippen LogP contribution in [0, 0.1) is 11.6 Å². The predicted molar refractivity (Wildman–Crippen MR) is 122 cm³/mol. The van der Waals surface area contributed by atoms with Crippen LogP contribution in [0.4, 0.5) is 8.78 Å². The molecule has 0 saturated carbocycles. The van der Waals surface area contributed by atoms with Gasteiger partial charge in [0, 0.05) is 11.6 Å². The van der Waals surface area contributed by atoms with Crippen LogP contribution in [0.1, 0.15) is 35.6 Å². The molecule has 3 aromatic carbocycles. The van der Waals surface area contributed by atoms with Gasteiger partial charge in [-0.15, -0.1) is 0 Å². The van der Waals surface area contributed by atoms with Crippen molar-refractivity contribution < 1.29 is 18.7 Å². The Morgan fingerprint density at radius 3 is 2.44 bits per heavy atom. The Morgan fingerprint density at radius 1 is 1.06 bits per heavy atom. The van der Waals surface area contributed by atoms with Crippen LogP contribution < -0.4 is 0 Å². The molecule has 0 aliphatic heterocycles. The number of fused-ring (bicyclic) bond motifs is 1. The van der Waals surface area contributed by atoms with Gasteiger partial charge >= 0.3 is 5.97 Å². The lowest BCUT2D eigenvalue weighted by molar-refractivity contribution is -0.131. The van der Waals surface area contributed by atoms with Crippen molar-refractivity contribution in [3.63, 3.8) is 0 Å². The molecule has 0 atom stereocenters. The highest BCUT2D eigenvalue weighted by Gasteiger charge is 2.21. The molecule has 0 unspecified atom stereocenters. The van der Waals surface area contributed by atoms with E-state index < -0.39 is 17.6 Å². The zero-order chi connectivity index (χ0) is 22.7. The van der Waals surface area contributed by atoms with Crippen molar-refractivity contribution in [1.29, 1.82) is 0 Å². The predicted octanol–water partition coefficient (Wildman–Crippen LogP) is 6.31. The lowest BCUT2D eigenvalue weighted by atomic mass is 9.87. The summed E-state index contributed by atoms with van der Waals surface area (Å²) in [5, 5.41) is 15.2. The van der Waals surface area contributed by atoms with Gasteiger partial charge in [0.05, 0.1) is 11.6 Å².